The van der Waals surface area contributed by atoms with E-state index < -0.39 is 0 Å². The third kappa shape index (κ3) is 3.25. The number of aromatic nitrogens is 3. The molecule has 0 aromatic carbocycles. The van der Waals surface area contributed by atoms with Crippen molar-refractivity contribution in [2.45, 2.75) is 20.3 Å². The van der Waals surface area contributed by atoms with Crippen molar-refractivity contribution in [1.82, 2.24) is 20.0 Å². The molecule has 0 radical (unpaired) electrons. The van der Waals surface area contributed by atoms with Gasteiger partial charge in [0.1, 0.15) is 11.4 Å². The van der Waals surface area contributed by atoms with Gasteiger partial charge in [0, 0.05) is 38.6 Å². The van der Waals surface area contributed by atoms with E-state index in [1.165, 1.54) is 0 Å². The standard InChI is InChI=1S/C15H20N6O2/c1-3-12-13(11(2)23-19-12)18-15(22)21-9-7-20(8-10-21)14-16-5-4-6-17-14/h4-6H,3,7-10H2,1-2H3,(H,18,22). The number of nitrogens with zero attached hydrogens (tertiary/aromatic N) is 5. The molecule has 1 fully saturated rings. The zero-order chi connectivity index (χ0) is 16.2. The summed E-state index contributed by atoms with van der Waals surface area (Å²) < 4.78 is 5.14. The van der Waals surface area contributed by atoms with Crippen molar-refractivity contribution in [3.63, 3.8) is 0 Å². The van der Waals surface area contributed by atoms with Gasteiger partial charge in [0.05, 0.1) is 0 Å². The molecule has 0 atom stereocenters. The molecule has 1 aliphatic rings. The molecule has 0 bridgehead atoms. The molecule has 3 rings (SSSR count). The van der Waals surface area contributed by atoms with Crippen molar-refractivity contribution in [2.24, 2.45) is 0 Å². The van der Waals surface area contributed by atoms with Crippen LogP contribution in [0.4, 0.5) is 16.4 Å². The fourth-order valence-electron chi connectivity index (χ4n) is 2.57. The van der Waals surface area contributed by atoms with Crippen LogP contribution in [-0.2, 0) is 6.42 Å². The van der Waals surface area contributed by atoms with Crippen LogP contribution in [-0.4, -0.2) is 52.2 Å². The molecule has 8 heteroatoms. The number of amides is 2. The molecule has 1 N–H and O–H groups in total. The fraction of sp³-hybridized carbons (Fsp3) is 0.467. The Labute approximate surface area is 134 Å². The summed E-state index contributed by atoms with van der Waals surface area (Å²) in [6.07, 6.45) is 4.16. The van der Waals surface area contributed by atoms with Crippen molar-refractivity contribution in [1.29, 1.82) is 0 Å². The zero-order valence-electron chi connectivity index (χ0n) is 13.3. The summed E-state index contributed by atoms with van der Waals surface area (Å²) in [4.78, 5) is 24.8. The Kier molecular flexibility index (Phi) is 4.40. The number of nitrogens with one attached hydrogen (secondary N) is 1. The first-order valence-corrected chi connectivity index (χ1v) is 7.72. The molecule has 2 aromatic rings. The Bertz CT molecular complexity index is 664. The first kappa shape index (κ1) is 15.3. The smallest absolute Gasteiger partial charge is 0.322 e. The minimum absolute atomic E-state index is 0.125. The first-order chi connectivity index (χ1) is 11.2. The molecule has 0 spiro atoms. The Morgan fingerprint density at radius 2 is 1.96 bits per heavy atom. The molecule has 0 aliphatic carbocycles. The molecule has 2 amide bonds. The van der Waals surface area contributed by atoms with Crippen LogP contribution in [0.3, 0.4) is 0 Å². The number of aryl methyl sites for hydroxylation is 2. The van der Waals surface area contributed by atoms with Gasteiger partial charge in [0.15, 0.2) is 5.76 Å². The van der Waals surface area contributed by atoms with Gasteiger partial charge in [-0.05, 0) is 19.4 Å². The number of rotatable bonds is 3. The summed E-state index contributed by atoms with van der Waals surface area (Å²) in [5, 5.41) is 6.87. The topological polar surface area (TPSA) is 87.4 Å². The molecule has 122 valence electrons. The van der Waals surface area contributed by atoms with Gasteiger partial charge in [0.25, 0.3) is 0 Å². The molecular weight excluding hydrogens is 296 g/mol. The minimum Gasteiger partial charge on any atom is -0.359 e. The summed E-state index contributed by atoms with van der Waals surface area (Å²) in [5.74, 6) is 1.34. The maximum Gasteiger partial charge on any atom is 0.322 e. The average molecular weight is 316 g/mol. The molecule has 8 nitrogen and oxygen atoms in total. The molecular formula is C15H20N6O2. The quantitative estimate of drug-likeness (QED) is 0.927. The van der Waals surface area contributed by atoms with Gasteiger partial charge in [-0.3, -0.25) is 0 Å². The number of carbonyl (C=O) groups excluding carboxylic acids is 1. The predicted molar refractivity (Wildman–Crippen MR) is 85.5 cm³/mol. The molecule has 1 aliphatic heterocycles. The second-order valence-electron chi connectivity index (χ2n) is 5.37. The molecule has 3 heterocycles. The van der Waals surface area contributed by atoms with E-state index in [0.717, 1.165) is 5.69 Å². The van der Waals surface area contributed by atoms with Gasteiger partial charge in [-0.15, -0.1) is 0 Å². The van der Waals surface area contributed by atoms with E-state index in [1.807, 2.05) is 6.92 Å². The van der Waals surface area contributed by atoms with E-state index in [4.69, 9.17) is 4.52 Å². The molecule has 0 saturated carbocycles. The normalized spacial score (nSPS) is 14.9. The van der Waals surface area contributed by atoms with Gasteiger partial charge >= 0.3 is 6.03 Å². The van der Waals surface area contributed by atoms with E-state index in [-0.39, 0.29) is 6.03 Å². The number of urea groups is 1. The number of anilines is 2. The molecule has 23 heavy (non-hydrogen) atoms. The highest BCUT2D eigenvalue weighted by atomic mass is 16.5. The second-order valence-corrected chi connectivity index (χ2v) is 5.37. The van der Waals surface area contributed by atoms with Crippen molar-refractivity contribution in [3.8, 4) is 0 Å². The van der Waals surface area contributed by atoms with Crippen LogP contribution >= 0.6 is 0 Å². The average Bonchev–Trinajstić information content (AvgIpc) is 2.96. The van der Waals surface area contributed by atoms with Crippen molar-refractivity contribution in [2.75, 3.05) is 36.4 Å². The van der Waals surface area contributed by atoms with Gasteiger partial charge in [-0.25, -0.2) is 14.8 Å². The largest absolute Gasteiger partial charge is 0.359 e. The van der Waals surface area contributed by atoms with E-state index in [2.05, 4.69) is 25.3 Å². The van der Waals surface area contributed by atoms with Crippen LogP contribution in [0.25, 0.3) is 0 Å². The molecule has 2 aromatic heterocycles. The summed E-state index contributed by atoms with van der Waals surface area (Å²) in [6, 6.07) is 1.67. The number of hydrogen-bond acceptors (Lipinski definition) is 6. The third-order valence-electron chi connectivity index (χ3n) is 3.90. The highest BCUT2D eigenvalue weighted by Gasteiger charge is 2.24. The van der Waals surface area contributed by atoms with Gasteiger partial charge in [-0.1, -0.05) is 12.1 Å². The molecule has 0 unspecified atom stereocenters. The predicted octanol–water partition coefficient (Wildman–Crippen LogP) is 1.69. The number of piperazine rings is 1. The minimum atomic E-state index is -0.125. The van der Waals surface area contributed by atoms with Crippen LogP contribution in [0.15, 0.2) is 23.0 Å². The van der Waals surface area contributed by atoms with E-state index in [0.29, 0.717) is 50.0 Å². The van der Waals surface area contributed by atoms with Crippen LogP contribution in [0.1, 0.15) is 18.4 Å². The van der Waals surface area contributed by atoms with E-state index >= 15 is 0 Å². The SMILES string of the molecule is CCc1noc(C)c1NC(=O)N1CCN(c2ncccn2)CC1. The number of hydrogen-bond donors (Lipinski definition) is 1. The number of carbonyl (C=O) groups is 1. The van der Waals surface area contributed by atoms with Crippen molar-refractivity contribution < 1.29 is 9.32 Å². The summed E-state index contributed by atoms with van der Waals surface area (Å²) in [5.41, 5.74) is 1.46. The summed E-state index contributed by atoms with van der Waals surface area (Å²) in [7, 11) is 0. The monoisotopic (exact) mass is 316 g/mol. The summed E-state index contributed by atoms with van der Waals surface area (Å²) in [6.45, 7) is 6.44. The zero-order valence-corrected chi connectivity index (χ0v) is 13.3. The first-order valence-electron chi connectivity index (χ1n) is 7.72. The van der Waals surface area contributed by atoms with E-state index in [9.17, 15) is 4.79 Å². The Hall–Kier alpha value is -2.64. The van der Waals surface area contributed by atoms with Gasteiger partial charge < -0.3 is 19.6 Å². The fourth-order valence-corrected chi connectivity index (χ4v) is 2.57. The molecule has 1 saturated heterocycles. The lowest BCUT2D eigenvalue weighted by Crippen LogP contribution is -2.50. The lowest BCUT2D eigenvalue weighted by Gasteiger charge is -2.34. The summed E-state index contributed by atoms with van der Waals surface area (Å²) >= 11 is 0. The maximum atomic E-state index is 12.4. The Balaban J connectivity index is 1.59. The second kappa shape index (κ2) is 6.64. The Morgan fingerprint density at radius 3 is 2.61 bits per heavy atom. The lowest BCUT2D eigenvalue weighted by molar-refractivity contribution is 0.208. The third-order valence-corrected chi connectivity index (χ3v) is 3.90. The lowest BCUT2D eigenvalue weighted by atomic mass is 10.2. The van der Waals surface area contributed by atoms with Crippen molar-refractivity contribution >= 4 is 17.7 Å². The van der Waals surface area contributed by atoms with Gasteiger partial charge in [0.2, 0.25) is 5.95 Å². The van der Waals surface area contributed by atoms with Crippen LogP contribution in [0.5, 0.6) is 0 Å². The van der Waals surface area contributed by atoms with E-state index in [1.54, 1.807) is 30.3 Å². The highest BCUT2D eigenvalue weighted by molar-refractivity contribution is 5.90. The van der Waals surface area contributed by atoms with Crippen LogP contribution in [0.2, 0.25) is 0 Å². The van der Waals surface area contributed by atoms with Crippen LogP contribution in [0, 0.1) is 6.92 Å². The maximum absolute atomic E-state index is 12.4. The van der Waals surface area contributed by atoms with Crippen molar-refractivity contribution in [3.05, 3.63) is 29.9 Å². The Morgan fingerprint density at radius 1 is 1.26 bits per heavy atom. The van der Waals surface area contributed by atoms with Gasteiger partial charge in [-0.2, -0.15) is 0 Å². The van der Waals surface area contributed by atoms with Crippen LogP contribution < -0.4 is 10.2 Å². The highest BCUT2D eigenvalue weighted by Crippen LogP contribution is 2.21.